The molecule has 8 heteroatoms. The van der Waals surface area contributed by atoms with Crippen LogP contribution in [-0.4, -0.2) is 38.0 Å². The molecule has 0 aliphatic carbocycles. The van der Waals surface area contributed by atoms with Crippen LogP contribution in [0.3, 0.4) is 0 Å². The monoisotopic (exact) mass is 630 g/mol. The van der Waals surface area contributed by atoms with Gasteiger partial charge in [0.25, 0.3) is 0 Å². The van der Waals surface area contributed by atoms with E-state index < -0.39 is 0 Å². The number of phenols is 3. The quantitative estimate of drug-likeness (QED) is 0.115. The van der Waals surface area contributed by atoms with Crippen molar-refractivity contribution in [1.82, 2.24) is 9.97 Å². The number of aromatic nitrogens is 2. The SMILES string of the molecule is CC(C)(C)c1cc(-c2c[nH]c3cc(O)c(O)cc23)cc(C(C)(C)C)c1.Oc1ccccc1C=NCCc1ccccn1.[O]=[V]. The maximum absolute atomic E-state index is 9.91. The molecule has 0 spiro atoms. The van der Waals surface area contributed by atoms with Gasteiger partial charge in [0, 0.05) is 65.4 Å². The molecule has 229 valence electrons. The molecule has 0 fully saturated rings. The number of aliphatic imine (C=N–C) groups is 1. The van der Waals surface area contributed by atoms with Crippen molar-refractivity contribution >= 4 is 17.1 Å². The summed E-state index contributed by atoms with van der Waals surface area (Å²) >= 11 is 1.06. The minimum absolute atomic E-state index is 0.0442. The molecule has 5 rings (SSSR count). The minimum atomic E-state index is -0.111. The van der Waals surface area contributed by atoms with E-state index in [0.717, 1.165) is 57.1 Å². The summed E-state index contributed by atoms with van der Waals surface area (Å²) in [6.45, 7) is 14.0. The van der Waals surface area contributed by atoms with E-state index in [1.54, 1.807) is 36.7 Å². The van der Waals surface area contributed by atoms with Crippen LogP contribution in [0.25, 0.3) is 22.0 Å². The van der Waals surface area contributed by atoms with Crippen LogP contribution in [0.1, 0.15) is 63.9 Å². The molecule has 7 nitrogen and oxygen atoms in total. The van der Waals surface area contributed by atoms with Gasteiger partial charge in [0.1, 0.15) is 5.75 Å². The number of fused-ring (bicyclic) bond motifs is 1. The summed E-state index contributed by atoms with van der Waals surface area (Å²) in [5.41, 5.74) is 7.39. The van der Waals surface area contributed by atoms with Crippen molar-refractivity contribution in [3.63, 3.8) is 0 Å². The summed E-state index contributed by atoms with van der Waals surface area (Å²) in [5, 5.41) is 30.1. The molecule has 0 bridgehead atoms. The van der Waals surface area contributed by atoms with Crippen LogP contribution >= 0.6 is 0 Å². The van der Waals surface area contributed by atoms with Crippen molar-refractivity contribution in [2.24, 2.45) is 4.99 Å². The van der Waals surface area contributed by atoms with Gasteiger partial charge in [0.2, 0.25) is 0 Å². The third kappa shape index (κ3) is 9.15. The second-order valence-electron chi connectivity index (χ2n) is 12.6. The number of para-hydroxylation sites is 1. The standard InChI is InChI=1S/C22H27NO2.C14H14N2O.O.V/c1-21(2,3)14-7-13(8-15(9-14)22(4,5)6)17-12-23-18-11-20(25)19(24)10-16(17)18;17-14-7-2-1-5-12(14)11-15-10-8-13-6-3-4-9-16-13;;/h7-12,23-25H,1-6H3;1-7,9,11,17H,8,10H2;;. The Balaban J connectivity index is 0.000000243. The van der Waals surface area contributed by atoms with Crippen LogP contribution in [0.15, 0.2) is 90.2 Å². The van der Waals surface area contributed by atoms with Crippen molar-refractivity contribution in [3.8, 4) is 28.4 Å². The number of phenolic OH excluding ortho intramolecular Hbond substituents is 3. The van der Waals surface area contributed by atoms with Crippen LogP contribution in [0.2, 0.25) is 0 Å². The summed E-state index contributed by atoms with van der Waals surface area (Å²) in [5.74, 6) is 0.0465. The molecule has 2 heterocycles. The number of hydrogen-bond donors (Lipinski definition) is 4. The van der Waals surface area contributed by atoms with Gasteiger partial charge in [-0.15, -0.1) is 0 Å². The van der Waals surface area contributed by atoms with Crippen LogP contribution in [0.5, 0.6) is 17.2 Å². The van der Waals surface area contributed by atoms with E-state index in [9.17, 15) is 15.3 Å². The normalized spacial score (nSPS) is 11.5. The Morgan fingerprint density at radius 1 is 0.795 bits per heavy atom. The van der Waals surface area contributed by atoms with Gasteiger partial charge in [-0.25, -0.2) is 0 Å². The van der Waals surface area contributed by atoms with E-state index in [1.807, 2.05) is 36.5 Å². The summed E-state index contributed by atoms with van der Waals surface area (Å²) in [4.78, 5) is 11.7. The van der Waals surface area contributed by atoms with Gasteiger partial charge in [0.05, 0.1) is 0 Å². The van der Waals surface area contributed by atoms with Gasteiger partial charge < -0.3 is 20.3 Å². The van der Waals surface area contributed by atoms with Crippen LogP contribution in [0.4, 0.5) is 0 Å². The molecular formula is C36H41N3O4V. The van der Waals surface area contributed by atoms with E-state index in [-0.39, 0.29) is 28.1 Å². The van der Waals surface area contributed by atoms with Gasteiger partial charge in [-0.3, -0.25) is 9.98 Å². The van der Waals surface area contributed by atoms with Crippen molar-refractivity contribution in [2.75, 3.05) is 6.54 Å². The molecule has 0 saturated heterocycles. The Labute approximate surface area is 269 Å². The molecule has 0 aliphatic rings. The molecule has 5 aromatic rings. The van der Waals surface area contributed by atoms with Gasteiger partial charge in [-0.2, -0.15) is 0 Å². The number of aromatic amines is 1. The zero-order valence-corrected chi connectivity index (χ0v) is 27.6. The fourth-order valence-electron chi connectivity index (χ4n) is 4.52. The summed E-state index contributed by atoms with van der Waals surface area (Å²) in [6, 6.07) is 22.9. The average Bonchev–Trinajstić information content (AvgIpc) is 3.39. The zero-order chi connectivity index (χ0) is 32.5. The van der Waals surface area contributed by atoms with E-state index in [0.29, 0.717) is 6.54 Å². The molecule has 3 aromatic carbocycles. The summed E-state index contributed by atoms with van der Waals surface area (Å²) < 4.78 is 8.19. The number of nitrogens with zero attached hydrogens (tertiary/aromatic N) is 2. The van der Waals surface area contributed by atoms with Gasteiger partial charge in [-0.05, 0) is 57.9 Å². The Hall–Kier alpha value is -4.20. The first kappa shape index (κ1) is 34.3. The zero-order valence-electron chi connectivity index (χ0n) is 26.2. The first-order chi connectivity index (χ1) is 20.8. The number of benzene rings is 3. The Morgan fingerprint density at radius 3 is 2.00 bits per heavy atom. The number of rotatable bonds is 5. The summed E-state index contributed by atoms with van der Waals surface area (Å²) in [7, 11) is 0. The van der Waals surface area contributed by atoms with E-state index in [2.05, 4.69) is 74.7 Å². The van der Waals surface area contributed by atoms with Crippen molar-refractivity contribution < 1.29 is 36.4 Å². The van der Waals surface area contributed by atoms with Crippen molar-refractivity contribution in [2.45, 2.75) is 58.8 Å². The molecular weight excluding hydrogens is 589 g/mol. The van der Waals surface area contributed by atoms with E-state index in [1.165, 1.54) is 11.1 Å². The summed E-state index contributed by atoms with van der Waals surface area (Å²) in [6.07, 6.45) is 6.23. The second kappa shape index (κ2) is 15.0. The molecule has 0 aliphatic heterocycles. The second-order valence-corrected chi connectivity index (χ2v) is 12.6. The molecule has 0 atom stereocenters. The van der Waals surface area contributed by atoms with Crippen LogP contribution < -0.4 is 0 Å². The third-order valence-electron chi connectivity index (χ3n) is 7.14. The van der Waals surface area contributed by atoms with Gasteiger partial charge in [-0.1, -0.05) is 77.9 Å². The predicted octanol–water partition coefficient (Wildman–Crippen LogP) is 8.17. The number of nitrogens with one attached hydrogen (secondary N) is 1. The van der Waals surface area contributed by atoms with Gasteiger partial charge in [0.15, 0.2) is 11.5 Å². The first-order valence-corrected chi connectivity index (χ1v) is 15.0. The third-order valence-corrected chi connectivity index (χ3v) is 7.14. The molecule has 0 radical (unpaired) electrons. The number of hydrogen-bond acceptors (Lipinski definition) is 6. The molecule has 0 unspecified atom stereocenters. The predicted molar refractivity (Wildman–Crippen MR) is 174 cm³/mol. The Morgan fingerprint density at radius 2 is 1.41 bits per heavy atom. The fourth-order valence-corrected chi connectivity index (χ4v) is 4.52. The topological polar surface area (TPSA) is 119 Å². The molecule has 4 N–H and O–H groups in total. The first-order valence-electron chi connectivity index (χ1n) is 14.4. The fraction of sp³-hybridized carbons (Fsp3) is 0.278. The van der Waals surface area contributed by atoms with Crippen LogP contribution in [-0.2, 0) is 38.3 Å². The number of pyridine rings is 1. The van der Waals surface area contributed by atoms with E-state index in [4.69, 9.17) is 3.67 Å². The van der Waals surface area contributed by atoms with Gasteiger partial charge >= 0.3 is 21.0 Å². The maximum atomic E-state index is 9.91. The van der Waals surface area contributed by atoms with Crippen LogP contribution in [0, 0.1) is 0 Å². The molecule has 2 aromatic heterocycles. The Kier molecular flexibility index (Phi) is 11.7. The Bertz CT molecular complexity index is 1670. The van der Waals surface area contributed by atoms with E-state index >= 15 is 0 Å². The molecule has 0 saturated carbocycles. The average molecular weight is 631 g/mol. The van der Waals surface area contributed by atoms with Crippen molar-refractivity contribution in [1.29, 1.82) is 0 Å². The van der Waals surface area contributed by atoms with Crippen molar-refractivity contribution in [3.05, 3.63) is 108 Å². The molecule has 44 heavy (non-hydrogen) atoms. The molecule has 0 amide bonds. The number of H-pyrrole nitrogens is 1. The number of aromatic hydroxyl groups is 3.